The fourth-order valence-electron chi connectivity index (χ4n) is 7.58. The molecule has 258 valence electrons. The van der Waals surface area contributed by atoms with Crippen molar-refractivity contribution in [1.29, 1.82) is 0 Å². The fraction of sp³-hybridized carbons (Fsp3) is 0.500. The van der Waals surface area contributed by atoms with E-state index in [0.717, 1.165) is 42.4 Å². The van der Waals surface area contributed by atoms with Crippen LogP contribution in [0.2, 0.25) is 0 Å². The number of nitrogens with zero attached hydrogens (tertiary/aromatic N) is 4. The topological polar surface area (TPSA) is 149 Å². The van der Waals surface area contributed by atoms with Gasteiger partial charge >= 0.3 is 18.0 Å². The van der Waals surface area contributed by atoms with Gasteiger partial charge in [-0.1, -0.05) is 20.3 Å². The predicted molar refractivity (Wildman–Crippen MR) is 178 cm³/mol. The van der Waals surface area contributed by atoms with Gasteiger partial charge in [-0.25, -0.2) is 14.6 Å². The van der Waals surface area contributed by atoms with Crippen molar-refractivity contribution < 1.29 is 33.4 Å². The van der Waals surface area contributed by atoms with E-state index in [2.05, 4.69) is 10.2 Å². The van der Waals surface area contributed by atoms with E-state index in [0.29, 0.717) is 48.2 Å². The Balaban J connectivity index is 1.13. The third-order valence-corrected chi connectivity index (χ3v) is 10.2. The summed E-state index contributed by atoms with van der Waals surface area (Å²) in [4.78, 5) is 73.1. The van der Waals surface area contributed by atoms with E-state index in [1.54, 1.807) is 28.5 Å². The first-order chi connectivity index (χ1) is 23.7. The minimum atomic E-state index is -1.45. The number of esters is 2. The molecule has 0 radical (unpaired) electrons. The summed E-state index contributed by atoms with van der Waals surface area (Å²) in [6, 6.07) is 7.59. The quantitative estimate of drug-likeness (QED) is 0.289. The average Bonchev–Trinajstić information content (AvgIpc) is 3.49. The summed E-state index contributed by atoms with van der Waals surface area (Å²) in [6.45, 7) is 6.92. The van der Waals surface area contributed by atoms with E-state index in [1.165, 1.54) is 19.3 Å². The summed E-state index contributed by atoms with van der Waals surface area (Å²) in [5.41, 5.74) is 3.73. The van der Waals surface area contributed by atoms with Crippen molar-refractivity contribution in [2.24, 2.45) is 0 Å². The third-order valence-electron chi connectivity index (χ3n) is 10.2. The zero-order chi connectivity index (χ0) is 34.2. The van der Waals surface area contributed by atoms with Gasteiger partial charge in [0.2, 0.25) is 12.0 Å². The number of nitrogens with one attached hydrogen (secondary N) is 1. The number of hydrogen-bond donors (Lipinski definition) is 1. The smallest absolute Gasteiger partial charge is 0.415 e. The summed E-state index contributed by atoms with van der Waals surface area (Å²) in [5, 5.41) is 3.26. The maximum atomic E-state index is 13.8. The van der Waals surface area contributed by atoms with Crippen LogP contribution in [0.25, 0.3) is 22.3 Å². The Morgan fingerprint density at radius 1 is 1.00 bits per heavy atom. The molecule has 0 aliphatic carbocycles. The number of carbonyl (C=O) groups excluding carboxylic acids is 4. The van der Waals surface area contributed by atoms with E-state index >= 15 is 0 Å². The summed E-state index contributed by atoms with van der Waals surface area (Å²) in [7, 11) is 0. The number of cyclic esters (lactones) is 1. The third kappa shape index (κ3) is 6.27. The number of hydrogen-bond acceptors (Lipinski definition) is 10. The number of pyridine rings is 2. The van der Waals surface area contributed by atoms with Crippen molar-refractivity contribution in [3.05, 3.63) is 56.9 Å². The molecule has 13 nitrogen and oxygen atoms in total. The highest BCUT2D eigenvalue weighted by molar-refractivity contribution is 5.90. The fourth-order valence-corrected chi connectivity index (χ4v) is 7.58. The van der Waals surface area contributed by atoms with Crippen molar-refractivity contribution in [1.82, 2.24) is 24.7 Å². The number of rotatable bonds is 7. The van der Waals surface area contributed by atoms with Crippen molar-refractivity contribution >= 4 is 34.8 Å². The molecular formula is C36H41N5O8. The van der Waals surface area contributed by atoms with Crippen molar-refractivity contribution in [3.8, 4) is 17.1 Å². The normalized spacial score (nSPS) is 19.1. The maximum absolute atomic E-state index is 13.8. The standard InChI is InChI=1S/C36H41N5O8/c1-3-23-24-16-22(48-36(46)40-14-10-21(11-15-40)39-12-6-5-7-13-39)8-9-28(24)38-32-26(23)19-41-29(32)17-25-27(34(41)44)20-47-35(45)33(25)49-31(43)18-37-30(42)4-2/h8-9,16-17,21,33H,3-7,10-15,18-20H2,1-2H3,(H,37,42)/t33-/m0/s1. The second-order valence-electron chi connectivity index (χ2n) is 13.1. The van der Waals surface area contributed by atoms with Crippen LogP contribution in [0.4, 0.5) is 4.79 Å². The van der Waals surface area contributed by atoms with Gasteiger partial charge in [0, 0.05) is 42.1 Å². The predicted octanol–water partition coefficient (Wildman–Crippen LogP) is 3.60. The molecule has 0 spiro atoms. The lowest BCUT2D eigenvalue weighted by atomic mass is 9.97. The number of benzene rings is 1. The highest BCUT2D eigenvalue weighted by Crippen LogP contribution is 2.39. The second kappa shape index (κ2) is 13.6. The van der Waals surface area contributed by atoms with Crippen molar-refractivity contribution in [2.75, 3.05) is 32.7 Å². The molecule has 2 fully saturated rings. The Hall–Kier alpha value is -4.78. The van der Waals surface area contributed by atoms with E-state index in [-0.39, 0.29) is 48.3 Å². The number of aromatic nitrogens is 2. The molecule has 4 aliphatic rings. The van der Waals surface area contributed by atoms with Crippen LogP contribution in [0.1, 0.15) is 80.7 Å². The van der Waals surface area contributed by atoms with Crippen LogP contribution in [-0.4, -0.2) is 82.1 Å². The Kier molecular flexibility index (Phi) is 9.10. The number of likely N-dealkylation sites (tertiary alicyclic amines) is 2. The molecule has 0 unspecified atom stereocenters. The van der Waals surface area contributed by atoms with Crippen LogP contribution in [-0.2, 0) is 43.4 Å². The molecule has 13 heteroatoms. The Bertz CT molecular complexity index is 1890. The first-order valence-electron chi connectivity index (χ1n) is 17.3. The highest BCUT2D eigenvalue weighted by Gasteiger charge is 2.38. The Labute approximate surface area is 283 Å². The minimum absolute atomic E-state index is 0.190. The Morgan fingerprint density at radius 3 is 2.51 bits per heavy atom. The minimum Gasteiger partial charge on any atom is -0.458 e. The molecular weight excluding hydrogens is 630 g/mol. The van der Waals surface area contributed by atoms with Gasteiger partial charge in [-0.15, -0.1) is 0 Å². The van der Waals surface area contributed by atoms with Gasteiger partial charge in [-0.05, 0) is 75.0 Å². The van der Waals surface area contributed by atoms with E-state index in [9.17, 15) is 24.0 Å². The van der Waals surface area contributed by atoms with Crippen molar-refractivity contribution in [3.63, 3.8) is 0 Å². The van der Waals surface area contributed by atoms with Gasteiger partial charge in [0.05, 0.1) is 29.0 Å². The number of carbonyl (C=O) groups is 4. The highest BCUT2D eigenvalue weighted by atomic mass is 16.6. The number of ether oxygens (including phenoxy) is 3. The molecule has 0 bridgehead atoms. The van der Waals surface area contributed by atoms with Gasteiger partial charge in [-0.2, -0.15) is 0 Å². The van der Waals surface area contributed by atoms with Crippen LogP contribution >= 0.6 is 0 Å². The number of aryl methyl sites for hydroxylation is 1. The summed E-state index contributed by atoms with van der Waals surface area (Å²) >= 11 is 0. The molecule has 6 heterocycles. The first-order valence-corrected chi connectivity index (χ1v) is 17.3. The van der Waals surface area contributed by atoms with Crippen LogP contribution in [0.15, 0.2) is 29.1 Å². The van der Waals surface area contributed by atoms with Gasteiger partial charge < -0.3 is 33.9 Å². The molecule has 2 amide bonds. The molecule has 1 aromatic carbocycles. The van der Waals surface area contributed by atoms with Gasteiger partial charge in [-0.3, -0.25) is 14.4 Å². The molecule has 49 heavy (non-hydrogen) atoms. The molecule has 3 aromatic rings. The Morgan fingerprint density at radius 2 is 1.78 bits per heavy atom. The van der Waals surface area contributed by atoms with E-state index in [1.807, 2.05) is 19.1 Å². The van der Waals surface area contributed by atoms with Crippen LogP contribution in [0.3, 0.4) is 0 Å². The van der Waals surface area contributed by atoms with Gasteiger partial charge in [0.25, 0.3) is 5.56 Å². The number of fused-ring (bicyclic) bond motifs is 5. The number of piperidine rings is 2. The zero-order valence-corrected chi connectivity index (χ0v) is 27.9. The zero-order valence-electron chi connectivity index (χ0n) is 27.9. The van der Waals surface area contributed by atoms with E-state index < -0.39 is 24.6 Å². The summed E-state index contributed by atoms with van der Waals surface area (Å²) in [5.74, 6) is -1.52. The monoisotopic (exact) mass is 671 g/mol. The van der Waals surface area contributed by atoms with Crippen LogP contribution in [0.5, 0.6) is 5.75 Å². The van der Waals surface area contributed by atoms with Gasteiger partial charge in [0.1, 0.15) is 18.9 Å². The van der Waals surface area contributed by atoms with Crippen molar-refractivity contribution in [2.45, 2.75) is 84.1 Å². The number of amides is 2. The molecule has 1 atom stereocenters. The maximum Gasteiger partial charge on any atom is 0.415 e. The van der Waals surface area contributed by atoms with Crippen LogP contribution in [0, 0.1) is 0 Å². The average molecular weight is 672 g/mol. The largest absolute Gasteiger partial charge is 0.458 e. The van der Waals surface area contributed by atoms with E-state index in [4.69, 9.17) is 19.2 Å². The molecule has 4 aliphatic heterocycles. The first kappa shape index (κ1) is 32.8. The molecule has 0 saturated carbocycles. The van der Waals surface area contributed by atoms with Crippen LogP contribution < -0.4 is 15.6 Å². The summed E-state index contributed by atoms with van der Waals surface area (Å²) in [6.07, 6.45) is 4.74. The second-order valence-corrected chi connectivity index (χ2v) is 13.1. The lowest BCUT2D eigenvalue weighted by Crippen LogP contribution is -2.48. The SMILES string of the molecule is CCC(=O)NCC(=O)O[C@@H]1C(=O)OCc2c1cc1n(c2=O)Cc2c-1nc1ccc(OC(=O)N3CCC(N4CCCCC4)CC3)cc1c2CC. The summed E-state index contributed by atoms with van der Waals surface area (Å²) < 4.78 is 18.1. The molecule has 1 N–H and O–H groups in total. The molecule has 2 aromatic heterocycles. The molecule has 2 saturated heterocycles. The molecule has 7 rings (SSSR count). The lowest BCUT2D eigenvalue weighted by molar-refractivity contribution is -0.171. The van der Waals surface area contributed by atoms with Gasteiger partial charge in [0.15, 0.2) is 0 Å². The lowest BCUT2D eigenvalue weighted by Gasteiger charge is -2.39.